The van der Waals surface area contributed by atoms with Gasteiger partial charge in [0.15, 0.2) is 0 Å². The molecule has 6 nitrogen and oxygen atoms in total. The van der Waals surface area contributed by atoms with Crippen LogP contribution < -0.4 is 16.0 Å². The molecule has 1 aliphatic heterocycles. The summed E-state index contributed by atoms with van der Waals surface area (Å²) in [5, 5.41) is 2.85. The van der Waals surface area contributed by atoms with E-state index in [4.69, 9.17) is 5.73 Å². The first-order valence-corrected chi connectivity index (χ1v) is 6.38. The molecule has 3 rings (SSSR count). The minimum Gasteiger partial charge on any atom is -0.384 e. The molecule has 1 saturated heterocycles. The zero-order valence-electron chi connectivity index (χ0n) is 10.2. The molecule has 1 aromatic heterocycles. The molecule has 1 saturated carbocycles. The second-order valence-corrected chi connectivity index (χ2v) is 4.87. The summed E-state index contributed by atoms with van der Waals surface area (Å²) >= 11 is 0. The molecule has 18 heavy (non-hydrogen) atoms. The lowest BCUT2D eigenvalue weighted by Crippen LogP contribution is -2.29. The highest BCUT2D eigenvalue weighted by molar-refractivity contribution is 5.77. The van der Waals surface area contributed by atoms with Crippen molar-refractivity contribution >= 4 is 17.5 Å². The summed E-state index contributed by atoms with van der Waals surface area (Å²) in [7, 11) is 0. The molecule has 0 atom stereocenters. The SMILES string of the molecule is Nc1cc(N2CCNC(=O)CC2)nc(C2CC2)n1. The number of nitrogens with two attached hydrogens (primary N) is 1. The number of anilines is 2. The van der Waals surface area contributed by atoms with E-state index < -0.39 is 0 Å². The Morgan fingerprint density at radius 1 is 1.33 bits per heavy atom. The molecule has 0 bridgehead atoms. The average Bonchev–Trinajstić information content (AvgIpc) is 3.15. The summed E-state index contributed by atoms with van der Waals surface area (Å²) in [6, 6.07) is 1.79. The first kappa shape index (κ1) is 11.3. The van der Waals surface area contributed by atoms with Gasteiger partial charge in [-0.1, -0.05) is 0 Å². The van der Waals surface area contributed by atoms with E-state index in [1.54, 1.807) is 6.07 Å². The Balaban J connectivity index is 1.83. The number of nitrogens with one attached hydrogen (secondary N) is 1. The summed E-state index contributed by atoms with van der Waals surface area (Å²) in [4.78, 5) is 22.3. The van der Waals surface area contributed by atoms with Crippen LogP contribution in [-0.4, -0.2) is 35.5 Å². The maximum Gasteiger partial charge on any atom is 0.221 e. The van der Waals surface area contributed by atoms with E-state index in [9.17, 15) is 4.79 Å². The van der Waals surface area contributed by atoms with Crippen LogP contribution in [0.1, 0.15) is 31.0 Å². The molecule has 1 amide bonds. The number of carbonyl (C=O) groups is 1. The normalized spacial score (nSPS) is 20.4. The fourth-order valence-electron chi connectivity index (χ4n) is 2.15. The third-order valence-electron chi connectivity index (χ3n) is 3.33. The molecule has 3 N–H and O–H groups in total. The minimum absolute atomic E-state index is 0.0990. The second kappa shape index (κ2) is 4.44. The molecular weight excluding hydrogens is 230 g/mol. The Bertz CT molecular complexity index is 472. The van der Waals surface area contributed by atoms with Gasteiger partial charge in [0.05, 0.1) is 0 Å². The van der Waals surface area contributed by atoms with Crippen molar-refractivity contribution in [1.29, 1.82) is 0 Å². The second-order valence-electron chi connectivity index (χ2n) is 4.87. The van der Waals surface area contributed by atoms with E-state index in [0.717, 1.165) is 31.0 Å². The molecule has 1 aromatic rings. The van der Waals surface area contributed by atoms with Gasteiger partial charge in [0.2, 0.25) is 5.91 Å². The lowest BCUT2D eigenvalue weighted by atomic mass is 10.3. The van der Waals surface area contributed by atoms with Crippen LogP contribution in [0.25, 0.3) is 0 Å². The van der Waals surface area contributed by atoms with Crippen molar-refractivity contribution in [1.82, 2.24) is 15.3 Å². The fraction of sp³-hybridized carbons (Fsp3) is 0.583. The van der Waals surface area contributed by atoms with Crippen molar-refractivity contribution in [2.45, 2.75) is 25.2 Å². The van der Waals surface area contributed by atoms with Gasteiger partial charge in [-0.2, -0.15) is 0 Å². The van der Waals surface area contributed by atoms with Gasteiger partial charge >= 0.3 is 0 Å². The number of nitrogens with zero attached hydrogens (tertiary/aromatic N) is 3. The van der Waals surface area contributed by atoms with Gasteiger partial charge in [0.1, 0.15) is 17.5 Å². The lowest BCUT2D eigenvalue weighted by Gasteiger charge is -2.21. The number of rotatable bonds is 2. The van der Waals surface area contributed by atoms with Gasteiger partial charge in [-0.05, 0) is 12.8 Å². The molecular formula is C12H17N5O. The largest absolute Gasteiger partial charge is 0.384 e. The number of nitrogen functional groups attached to an aromatic ring is 1. The molecule has 2 heterocycles. The summed E-state index contributed by atoms with van der Waals surface area (Å²) in [5.74, 6) is 2.81. The maximum absolute atomic E-state index is 11.3. The molecule has 2 fully saturated rings. The van der Waals surface area contributed by atoms with Crippen molar-refractivity contribution < 1.29 is 4.79 Å². The lowest BCUT2D eigenvalue weighted by molar-refractivity contribution is -0.120. The van der Waals surface area contributed by atoms with E-state index in [1.165, 1.54) is 0 Å². The fourth-order valence-corrected chi connectivity index (χ4v) is 2.15. The van der Waals surface area contributed by atoms with Crippen molar-refractivity contribution in [3.8, 4) is 0 Å². The van der Waals surface area contributed by atoms with Gasteiger partial charge in [0.25, 0.3) is 0 Å². The van der Waals surface area contributed by atoms with Crippen LogP contribution in [0.4, 0.5) is 11.6 Å². The Labute approximate surface area is 106 Å². The summed E-state index contributed by atoms with van der Waals surface area (Å²) in [5.41, 5.74) is 5.84. The molecule has 0 radical (unpaired) electrons. The highest BCUT2D eigenvalue weighted by Crippen LogP contribution is 2.38. The van der Waals surface area contributed by atoms with E-state index >= 15 is 0 Å². The van der Waals surface area contributed by atoms with Gasteiger partial charge < -0.3 is 16.0 Å². The zero-order chi connectivity index (χ0) is 12.5. The smallest absolute Gasteiger partial charge is 0.221 e. The number of aromatic nitrogens is 2. The summed E-state index contributed by atoms with van der Waals surface area (Å²) in [6.07, 6.45) is 2.81. The highest BCUT2D eigenvalue weighted by atomic mass is 16.1. The van der Waals surface area contributed by atoms with E-state index in [0.29, 0.717) is 31.2 Å². The van der Waals surface area contributed by atoms with Crippen molar-refractivity contribution in [3.63, 3.8) is 0 Å². The first-order chi connectivity index (χ1) is 8.72. The van der Waals surface area contributed by atoms with Gasteiger partial charge in [0, 0.05) is 38.0 Å². The van der Waals surface area contributed by atoms with Crippen molar-refractivity contribution in [2.24, 2.45) is 0 Å². The van der Waals surface area contributed by atoms with Crippen LogP contribution >= 0.6 is 0 Å². The maximum atomic E-state index is 11.3. The molecule has 1 aliphatic carbocycles. The Morgan fingerprint density at radius 3 is 2.94 bits per heavy atom. The van der Waals surface area contributed by atoms with Gasteiger partial charge in [-0.25, -0.2) is 9.97 Å². The predicted octanol–water partition coefficient (Wildman–Crippen LogP) is 0.262. The summed E-state index contributed by atoms with van der Waals surface area (Å²) in [6.45, 7) is 2.11. The van der Waals surface area contributed by atoms with E-state index in [2.05, 4.69) is 20.2 Å². The zero-order valence-corrected chi connectivity index (χ0v) is 10.2. The Morgan fingerprint density at radius 2 is 2.17 bits per heavy atom. The standard InChI is InChI=1S/C12H17N5O/c13-9-7-10(16-12(15-9)8-1-2-8)17-5-3-11(18)14-4-6-17/h7-8H,1-6H2,(H,14,18)(H2,13,15,16). The molecule has 0 aromatic carbocycles. The topological polar surface area (TPSA) is 84.1 Å². The molecule has 0 unspecified atom stereocenters. The van der Waals surface area contributed by atoms with E-state index in [1.807, 2.05) is 0 Å². The predicted molar refractivity (Wildman–Crippen MR) is 68.3 cm³/mol. The van der Waals surface area contributed by atoms with Gasteiger partial charge in [-0.3, -0.25) is 4.79 Å². The molecule has 0 spiro atoms. The third-order valence-corrected chi connectivity index (χ3v) is 3.33. The van der Waals surface area contributed by atoms with Crippen LogP contribution in [-0.2, 0) is 4.79 Å². The van der Waals surface area contributed by atoms with E-state index in [-0.39, 0.29) is 5.91 Å². The number of carbonyl (C=O) groups excluding carboxylic acids is 1. The van der Waals surface area contributed by atoms with Crippen LogP contribution in [0.3, 0.4) is 0 Å². The van der Waals surface area contributed by atoms with Crippen molar-refractivity contribution in [2.75, 3.05) is 30.3 Å². The highest BCUT2D eigenvalue weighted by Gasteiger charge is 2.28. The van der Waals surface area contributed by atoms with Crippen molar-refractivity contribution in [3.05, 3.63) is 11.9 Å². The Hall–Kier alpha value is -1.85. The molecule has 2 aliphatic rings. The first-order valence-electron chi connectivity index (χ1n) is 6.38. The third kappa shape index (κ3) is 2.37. The van der Waals surface area contributed by atoms with Crippen LogP contribution in [0, 0.1) is 0 Å². The van der Waals surface area contributed by atoms with Crippen LogP contribution in [0.5, 0.6) is 0 Å². The van der Waals surface area contributed by atoms with Crippen LogP contribution in [0.15, 0.2) is 6.07 Å². The monoisotopic (exact) mass is 247 g/mol. The molecule has 96 valence electrons. The minimum atomic E-state index is 0.0990. The number of hydrogen-bond donors (Lipinski definition) is 2. The molecule has 6 heteroatoms. The number of hydrogen-bond acceptors (Lipinski definition) is 5. The van der Waals surface area contributed by atoms with Gasteiger partial charge in [-0.15, -0.1) is 0 Å². The summed E-state index contributed by atoms with van der Waals surface area (Å²) < 4.78 is 0. The quantitative estimate of drug-likeness (QED) is 0.783. The number of amides is 1. The average molecular weight is 247 g/mol. The van der Waals surface area contributed by atoms with Crippen LogP contribution in [0.2, 0.25) is 0 Å². The Kier molecular flexibility index (Phi) is 2.77.